The number of aromatic nitrogens is 2. The Morgan fingerprint density at radius 3 is 2.33 bits per heavy atom. The molecule has 9 N–H and O–H groups in total. The molecule has 0 aromatic carbocycles. The predicted molar refractivity (Wildman–Crippen MR) is 98.7 cm³/mol. The summed E-state index contributed by atoms with van der Waals surface area (Å²) in [6.07, 6.45) is 0.608. The summed E-state index contributed by atoms with van der Waals surface area (Å²) in [5.74, 6) is -5.38. The second-order valence-electron chi connectivity index (χ2n) is 6.39. The fourth-order valence-corrected chi connectivity index (χ4v) is 2.29. The molecule has 4 atom stereocenters. The van der Waals surface area contributed by atoms with Crippen LogP contribution in [0.2, 0.25) is 0 Å². The molecule has 0 saturated heterocycles. The molecule has 166 valence electrons. The molecule has 3 amide bonds. The van der Waals surface area contributed by atoms with Gasteiger partial charge in [-0.3, -0.25) is 19.2 Å². The van der Waals surface area contributed by atoms with E-state index in [0.717, 1.165) is 0 Å². The first kappa shape index (κ1) is 24.5. The van der Waals surface area contributed by atoms with Crippen LogP contribution in [0.4, 0.5) is 0 Å². The minimum absolute atomic E-state index is 0.0666. The second-order valence-corrected chi connectivity index (χ2v) is 6.39. The van der Waals surface area contributed by atoms with Crippen molar-refractivity contribution in [3.05, 3.63) is 18.2 Å². The number of aliphatic hydroxyl groups is 1. The zero-order valence-electron chi connectivity index (χ0n) is 16.0. The number of nitrogens with two attached hydrogens (primary N) is 1. The molecule has 30 heavy (non-hydrogen) atoms. The summed E-state index contributed by atoms with van der Waals surface area (Å²) in [5, 5.41) is 34.0. The fraction of sp³-hybridized carbons (Fsp3) is 0.500. The van der Waals surface area contributed by atoms with Crippen molar-refractivity contribution in [1.82, 2.24) is 25.9 Å². The number of imidazole rings is 1. The molecule has 4 unspecified atom stereocenters. The van der Waals surface area contributed by atoms with Crippen molar-refractivity contribution in [3.63, 3.8) is 0 Å². The lowest BCUT2D eigenvalue weighted by Crippen LogP contribution is -2.57. The van der Waals surface area contributed by atoms with Crippen molar-refractivity contribution in [3.8, 4) is 0 Å². The topological polar surface area (TPSA) is 237 Å². The highest BCUT2D eigenvalue weighted by molar-refractivity contribution is 5.93. The Bertz CT molecular complexity index is 766. The number of hydrogen-bond donors (Lipinski definition) is 8. The number of carbonyl (C=O) groups is 5. The van der Waals surface area contributed by atoms with Gasteiger partial charge in [0.05, 0.1) is 31.4 Å². The second kappa shape index (κ2) is 11.5. The van der Waals surface area contributed by atoms with Gasteiger partial charge in [-0.1, -0.05) is 0 Å². The molecular formula is C16H24N6O8. The van der Waals surface area contributed by atoms with Crippen molar-refractivity contribution in [1.29, 1.82) is 0 Å². The maximum atomic E-state index is 12.2. The Morgan fingerprint density at radius 1 is 1.17 bits per heavy atom. The third kappa shape index (κ3) is 8.24. The maximum absolute atomic E-state index is 12.2. The van der Waals surface area contributed by atoms with Crippen molar-refractivity contribution in [2.45, 2.75) is 44.0 Å². The maximum Gasteiger partial charge on any atom is 0.326 e. The molecule has 0 bridgehead atoms. The summed E-state index contributed by atoms with van der Waals surface area (Å²) in [4.78, 5) is 64.4. The van der Waals surface area contributed by atoms with Gasteiger partial charge in [-0.25, -0.2) is 9.78 Å². The van der Waals surface area contributed by atoms with Crippen LogP contribution < -0.4 is 21.7 Å². The van der Waals surface area contributed by atoms with Gasteiger partial charge >= 0.3 is 11.9 Å². The number of aromatic amines is 1. The smallest absolute Gasteiger partial charge is 0.326 e. The Hall–Kier alpha value is -3.52. The summed E-state index contributed by atoms with van der Waals surface area (Å²) in [5.41, 5.74) is 5.87. The minimum atomic E-state index is -1.51. The van der Waals surface area contributed by atoms with Gasteiger partial charge in [0.1, 0.15) is 12.1 Å². The number of carboxylic acid groups (broad SMARTS) is 2. The molecule has 0 fully saturated rings. The zero-order valence-corrected chi connectivity index (χ0v) is 16.0. The number of nitrogens with zero attached hydrogens (tertiary/aromatic N) is 1. The number of carboxylic acids is 2. The zero-order chi connectivity index (χ0) is 22.8. The number of aliphatic carboxylic acids is 2. The van der Waals surface area contributed by atoms with Crippen LogP contribution >= 0.6 is 0 Å². The van der Waals surface area contributed by atoms with Crippen LogP contribution in [0.1, 0.15) is 19.0 Å². The molecule has 0 saturated carbocycles. The Morgan fingerprint density at radius 2 is 1.83 bits per heavy atom. The van der Waals surface area contributed by atoms with Crippen LogP contribution in [0.25, 0.3) is 0 Å². The third-order valence-electron chi connectivity index (χ3n) is 3.83. The SMILES string of the molecule is CC(O)C(NC(=O)C(N)CC(=O)O)C(=O)NCC(=O)NC(Cc1cnc[nH]1)C(=O)O. The molecule has 0 aliphatic carbocycles. The van der Waals surface area contributed by atoms with Gasteiger partial charge in [0.2, 0.25) is 17.7 Å². The van der Waals surface area contributed by atoms with E-state index in [1.165, 1.54) is 19.4 Å². The summed E-state index contributed by atoms with van der Waals surface area (Å²) >= 11 is 0. The molecular weight excluding hydrogens is 404 g/mol. The van der Waals surface area contributed by atoms with Crippen molar-refractivity contribution >= 4 is 29.7 Å². The van der Waals surface area contributed by atoms with Crippen LogP contribution in [0.5, 0.6) is 0 Å². The van der Waals surface area contributed by atoms with Crippen molar-refractivity contribution < 1.29 is 39.3 Å². The van der Waals surface area contributed by atoms with Crippen molar-refractivity contribution in [2.75, 3.05) is 6.54 Å². The number of nitrogens with one attached hydrogen (secondary N) is 4. The van der Waals surface area contributed by atoms with Gasteiger partial charge < -0.3 is 42.0 Å². The lowest BCUT2D eigenvalue weighted by atomic mass is 10.1. The van der Waals surface area contributed by atoms with E-state index in [4.69, 9.17) is 10.8 Å². The van der Waals surface area contributed by atoms with Crippen LogP contribution in [0.15, 0.2) is 12.5 Å². The molecule has 1 aromatic heterocycles. The Kier molecular flexibility index (Phi) is 9.38. The molecule has 1 aromatic rings. The number of carbonyl (C=O) groups excluding carboxylic acids is 3. The van der Waals surface area contributed by atoms with Crippen LogP contribution in [0.3, 0.4) is 0 Å². The molecule has 0 radical (unpaired) electrons. The molecule has 0 spiro atoms. The molecule has 1 heterocycles. The number of H-pyrrole nitrogens is 1. The van der Waals surface area contributed by atoms with Crippen LogP contribution in [0, 0.1) is 0 Å². The van der Waals surface area contributed by atoms with Crippen molar-refractivity contribution in [2.24, 2.45) is 5.73 Å². The van der Waals surface area contributed by atoms with Gasteiger partial charge in [0, 0.05) is 18.3 Å². The molecule has 14 heteroatoms. The van der Waals surface area contributed by atoms with E-state index < -0.39 is 66.9 Å². The third-order valence-corrected chi connectivity index (χ3v) is 3.83. The highest BCUT2D eigenvalue weighted by atomic mass is 16.4. The van der Waals surface area contributed by atoms with Gasteiger partial charge in [-0.2, -0.15) is 0 Å². The minimum Gasteiger partial charge on any atom is -0.481 e. The predicted octanol–water partition coefficient (Wildman–Crippen LogP) is -3.69. The Labute approximate surface area is 170 Å². The number of aliphatic hydroxyl groups excluding tert-OH is 1. The quantitative estimate of drug-likeness (QED) is 0.162. The average molecular weight is 428 g/mol. The van der Waals surface area contributed by atoms with E-state index in [-0.39, 0.29) is 6.42 Å². The van der Waals surface area contributed by atoms with Gasteiger partial charge in [-0.05, 0) is 6.92 Å². The van der Waals surface area contributed by atoms with E-state index in [1.54, 1.807) is 0 Å². The summed E-state index contributed by atoms with van der Waals surface area (Å²) in [6.45, 7) is 0.560. The highest BCUT2D eigenvalue weighted by Crippen LogP contribution is 1.99. The lowest BCUT2D eigenvalue weighted by Gasteiger charge is -2.22. The number of hydrogen-bond acceptors (Lipinski definition) is 8. The lowest BCUT2D eigenvalue weighted by molar-refractivity contribution is -0.141. The first-order valence-corrected chi connectivity index (χ1v) is 8.74. The Balaban J connectivity index is 2.60. The fourth-order valence-electron chi connectivity index (χ4n) is 2.29. The van der Waals surface area contributed by atoms with Gasteiger partial charge in [0.25, 0.3) is 0 Å². The molecule has 1 rings (SSSR count). The van der Waals surface area contributed by atoms with E-state index in [9.17, 15) is 34.2 Å². The molecule has 0 aliphatic heterocycles. The van der Waals surface area contributed by atoms with E-state index >= 15 is 0 Å². The average Bonchev–Trinajstić information content (AvgIpc) is 3.15. The van der Waals surface area contributed by atoms with Gasteiger partial charge in [0.15, 0.2) is 0 Å². The summed E-state index contributed by atoms with van der Waals surface area (Å²) in [6, 6.07) is -4.24. The summed E-state index contributed by atoms with van der Waals surface area (Å²) < 4.78 is 0. The first-order valence-electron chi connectivity index (χ1n) is 8.74. The molecule has 14 nitrogen and oxygen atoms in total. The number of amides is 3. The van der Waals surface area contributed by atoms with E-state index in [2.05, 4.69) is 25.9 Å². The summed E-state index contributed by atoms with van der Waals surface area (Å²) in [7, 11) is 0. The van der Waals surface area contributed by atoms with Crippen LogP contribution in [-0.4, -0.2) is 85.7 Å². The number of rotatable bonds is 12. The normalized spacial score (nSPS) is 14.6. The monoisotopic (exact) mass is 428 g/mol. The highest BCUT2D eigenvalue weighted by Gasteiger charge is 2.29. The largest absolute Gasteiger partial charge is 0.481 e. The molecule has 0 aliphatic rings. The van der Waals surface area contributed by atoms with Gasteiger partial charge in [-0.15, -0.1) is 0 Å². The standard InChI is InChI=1S/C16H24N6O8/c1-7(23)13(22-14(27)9(17)3-12(25)26)15(28)19-5-11(24)21-10(16(29)30)2-8-4-18-6-20-8/h4,6-7,9-10,13,23H,2-3,5,17H2,1H3,(H,18,20)(H,19,28)(H,21,24)(H,22,27)(H,25,26)(H,29,30). The van der Waals surface area contributed by atoms with E-state index in [1.807, 2.05) is 0 Å². The first-order chi connectivity index (χ1) is 14.0. The van der Waals surface area contributed by atoms with Crippen LogP contribution in [-0.2, 0) is 30.4 Å². The van der Waals surface area contributed by atoms with E-state index in [0.29, 0.717) is 5.69 Å².